The van der Waals surface area contributed by atoms with E-state index in [1.54, 1.807) is 6.92 Å². The van der Waals surface area contributed by atoms with Gasteiger partial charge in [-0.05, 0) is 25.0 Å². The molecule has 0 radical (unpaired) electrons. The van der Waals surface area contributed by atoms with Crippen LogP contribution >= 0.6 is 11.6 Å². The molecule has 1 aromatic rings. The number of hydrogen-bond acceptors (Lipinski definition) is 3. The van der Waals surface area contributed by atoms with E-state index in [1.165, 1.54) is 0 Å². The van der Waals surface area contributed by atoms with Crippen molar-refractivity contribution >= 4 is 17.6 Å². The minimum atomic E-state index is -0.242. The minimum Gasteiger partial charge on any atom is -0.466 e. The molecular formula is C15H17ClO3. The number of hydrogen-bond donors (Lipinski definition) is 0. The summed E-state index contributed by atoms with van der Waals surface area (Å²) in [7, 11) is 0. The van der Waals surface area contributed by atoms with Crippen molar-refractivity contribution in [3.63, 3.8) is 0 Å². The van der Waals surface area contributed by atoms with E-state index < -0.39 is 0 Å². The summed E-state index contributed by atoms with van der Waals surface area (Å²) in [4.78, 5) is 11.5. The number of benzene rings is 1. The van der Waals surface area contributed by atoms with E-state index in [9.17, 15) is 4.79 Å². The van der Waals surface area contributed by atoms with Crippen LogP contribution in [0.4, 0.5) is 0 Å². The monoisotopic (exact) mass is 280 g/mol. The van der Waals surface area contributed by atoms with Crippen LogP contribution in [0.15, 0.2) is 36.4 Å². The minimum absolute atomic E-state index is 0.0990. The van der Waals surface area contributed by atoms with Crippen molar-refractivity contribution < 1.29 is 14.3 Å². The first-order valence-corrected chi connectivity index (χ1v) is 6.80. The molecule has 0 saturated heterocycles. The lowest BCUT2D eigenvalue weighted by molar-refractivity contribution is -0.146. The molecule has 0 saturated carbocycles. The third kappa shape index (κ3) is 3.82. The summed E-state index contributed by atoms with van der Waals surface area (Å²) in [5, 5.41) is 0.692. The molecule has 0 aromatic heterocycles. The van der Waals surface area contributed by atoms with Gasteiger partial charge in [-0.3, -0.25) is 4.79 Å². The highest BCUT2D eigenvalue weighted by Crippen LogP contribution is 2.32. The molecule has 1 aliphatic rings. The van der Waals surface area contributed by atoms with Crippen LogP contribution in [-0.4, -0.2) is 18.7 Å². The first-order chi connectivity index (χ1) is 9.20. The Morgan fingerprint density at radius 1 is 1.47 bits per heavy atom. The molecule has 0 fully saturated rings. The average Bonchev–Trinajstić information content (AvgIpc) is 2.40. The van der Waals surface area contributed by atoms with Crippen molar-refractivity contribution in [3.05, 3.63) is 47.0 Å². The Bertz CT molecular complexity index is 470. The topological polar surface area (TPSA) is 35.5 Å². The fourth-order valence-electron chi connectivity index (χ4n) is 2.10. The molecule has 0 spiro atoms. The SMILES string of the molecule is CCOC(=O)C[C@@H]1C=CC[C@H](c2ccccc2Cl)O1. The summed E-state index contributed by atoms with van der Waals surface area (Å²) >= 11 is 6.17. The maximum Gasteiger partial charge on any atom is 0.308 e. The lowest BCUT2D eigenvalue weighted by Gasteiger charge is -2.26. The maximum absolute atomic E-state index is 11.5. The molecule has 102 valence electrons. The van der Waals surface area contributed by atoms with Crippen LogP contribution in [0.3, 0.4) is 0 Å². The van der Waals surface area contributed by atoms with E-state index in [-0.39, 0.29) is 24.6 Å². The Balaban J connectivity index is 2.01. The molecule has 19 heavy (non-hydrogen) atoms. The zero-order chi connectivity index (χ0) is 13.7. The first-order valence-electron chi connectivity index (χ1n) is 6.43. The van der Waals surface area contributed by atoms with Crippen LogP contribution in [0.1, 0.15) is 31.4 Å². The van der Waals surface area contributed by atoms with Crippen molar-refractivity contribution in [1.82, 2.24) is 0 Å². The van der Waals surface area contributed by atoms with Gasteiger partial charge in [0.2, 0.25) is 0 Å². The molecule has 0 bridgehead atoms. The Kier molecular flexibility index (Phi) is 5.00. The number of rotatable bonds is 4. The fraction of sp³-hybridized carbons (Fsp3) is 0.400. The molecule has 3 nitrogen and oxygen atoms in total. The largest absolute Gasteiger partial charge is 0.466 e. The highest BCUT2D eigenvalue weighted by molar-refractivity contribution is 6.31. The number of carbonyl (C=O) groups is 1. The van der Waals surface area contributed by atoms with Gasteiger partial charge in [-0.2, -0.15) is 0 Å². The highest BCUT2D eigenvalue weighted by atomic mass is 35.5. The second-order valence-electron chi connectivity index (χ2n) is 4.36. The standard InChI is InChI=1S/C15H17ClO3/c1-2-18-15(17)10-11-6-5-9-14(19-11)12-7-3-4-8-13(12)16/h3-8,11,14H,2,9-10H2,1H3/t11-,14+/m0/s1. The predicted molar refractivity (Wildman–Crippen MR) is 74.1 cm³/mol. The van der Waals surface area contributed by atoms with Crippen molar-refractivity contribution in [2.75, 3.05) is 6.61 Å². The van der Waals surface area contributed by atoms with Gasteiger partial charge in [0.1, 0.15) is 0 Å². The zero-order valence-electron chi connectivity index (χ0n) is 10.8. The van der Waals surface area contributed by atoms with Crippen molar-refractivity contribution in [2.45, 2.75) is 32.0 Å². The summed E-state index contributed by atoms with van der Waals surface area (Å²) in [6.45, 7) is 2.19. The van der Waals surface area contributed by atoms with Gasteiger partial charge in [-0.25, -0.2) is 0 Å². The lowest BCUT2D eigenvalue weighted by atomic mass is 10.0. The van der Waals surface area contributed by atoms with Gasteiger partial charge in [0, 0.05) is 5.02 Å². The van der Waals surface area contributed by atoms with Gasteiger partial charge in [-0.1, -0.05) is 42.0 Å². The summed E-state index contributed by atoms with van der Waals surface area (Å²) < 4.78 is 10.8. The number of esters is 1. The zero-order valence-corrected chi connectivity index (χ0v) is 11.6. The van der Waals surface area contributed by atoms with E-state index in [0.717, 1.165) is 12.0 Å². The van der Waals surface area contributed by atoms with Crippen LogP contribution in [0.2, 0.25) is 5.02 Å². The Morgan fingerprint density at radius 3 is 3.00 bits per heavy atom. The molecule has 1 aromatic carbocycles. The molecule has 1 heterocycles. The molecule has 0 N–H and O–H groups in total. The number of halogens is 1. The summed E-state index contributed by atoms with van der Waals surface area (Å²) in [6.07, 6.45) is 4.60. The van der Waals surface area contributed by atoms with Crippen LogP contribution in [0.5, 0.6) is 0 Å². The van der Waals surface area contributed by atoms with Gasteiger partial charge in [0.05, 0.1) is 25.2 Å². The normalized spacial score (nSPS) is 22.2. The van der Waals surface area contributed by atoms with Crippen molar-refractivity contribution in [1.29, 1.82) is 0 Å². The molecule has 4 heteroatoms. The number of ether oxygens (including phenoxy) is 2. The van der Waals surface area contributed by atoms with Gasteiger partial charge in [0.25, 0.3) is 0 Å². The summed E-state index contributed by atoms with van der Waals surface area (Å²) in [5.74, 6) is -0.239. The Labute approximate surface area is 118 Å². The third-order valence-corrected chi connectivity index (χ3v) is 3.31. The predicted octanol–water partition coefficient (Wildman–Crippen LogP) is 3.68. The average molecular weight is 281 g/mol. The lowest BCUT2D eigenvalue weighted by Crippen LogP contribution is -2.22. The van der Waals surface area contributed by atoms with Crippen LogP contribution in [-0.2, 0) is 14.3 Å². The van der Waals surface area contributed by atoms with Gasteiger partial charge in [0.15, 0.2) is 0 Å². The van der Waals surface area contributed by atoms with E-state index in [1.807, 2.05) is 36.4 Å². The molecule has 0 aliphatic carbocycles. The highest BCUT2D eigenvalue weighted by Gasteiger charge is 2.23. The van der Waals surface area contributed by atoms with Gasteiger partial charge < -0.3 is 9.47 Å². The van der Waals surface area contributed by atoms with Crippen molar-refractivity contribution in [2.24, 2.45) is 0 Å². The smallest absolute Gasteiger partial charge is 0.308 e. The number of carbonyl (C=O) groups excluding carboxylic acids is 1. The molecule has 0 unspecified atom stereocenters. The molecule has 2 rings (SSSR count). The second-order valence-corrected chi connectivity index (χ2v) is 4.76. The summed E-state index contributed by atoms with van der Waals surface area (Å²) in [5.41, 5.74) is 0.961. The van der Waals surface area contributed by atoms with Gasteiger partial charge >= 0.3 is 5.97 Å². The molecule has 2 atom stereocenters. The van der Waals surface area contributed by atoms with Crippen LogP contribution < -0.4 is 0 Å². The second kappa shape index (κ2) is 6.73. The quantitative estimate of drug-likeness (QED) is 0.623. The van der Waals surface area contributed by atoms with Gasteiger partial charge in [-0.15, -0.1) is 0 Å². The first kappa shape index (κ1) is 14.1. The third-order valence-electron chi connectivity index (χ3n) is 2.97. The molecule has 0 amide bonds. The van der Waals surface area contributed by atoms with Crippen LogP contribution in [0.25, 0.3) is 0 Å². The molecule has 1 aliphatic heterocycles. The Hall–Kier alpha value is -1.32. The van der Waals surface area contributed by atoms with E-state index in [2.05, 4.69) is 0 Å². The Morgan fingerprint density at radius 2 is 2.26 bits per heavy atom. The maximum atomic E-state index is 11.5. The van der Waals surface area contributed by atoms with Crippen LogP contribution in [0, 0.1) is 0 Å². The fourth-order valence-corrected chi connectivity index (χ4v) is 2.36. The van der Waals surface area contributed by atoms with E-state index in [4.69, 9.17) is 21.1 Å². The summed E-state index contributed by atoms with van der Waals surface area (Å²) in [6, 6.07) is 7.62. The van der Waals surface area contributed by atoms with Crippen molar-refractivity contribution in [3.8, 4) is 0 Å². The van der Waals surface area contributed by atoms with E-state index >= 15 is 0 Å². The van der Waals surface area contributed by atoms with E-state index in [0.29, 0.717) is 11.6 Å². The molecular weight excluding hydrogens is 264 g/mol.